The third kappa shape index (κ3) is 0.772. The van der Waals surface area contributed by atoms with E-state index in [2.05, 4.69) is 12.1 Å². The van der Waals surface area contributed by atoms with Gasteiger partial charge in [0.2, 0.25) is 0 Å². The van der Waals surface area contributed by atoms with Crippen LogP contribution in [0.2, 0.25) is 0 Å². The van der Waals surface area contributed by atoms with Crippen molar-refractivity contribution in [2.75, 3.05) is 5.73 Å². The van der Waals surface area contributed by atoms with E-state index in [1.807, 2.05) is 17.5 Å². The second-order valence-electron chi connectivity index (χ2n) is 2.23. The van der Waals surface area contributed by atoms with Gasteiger partial charge in [0.05, 0.1) is 0 Å². The van der Waals surface area contributed by atoms with Crippen LogP contribution in [0, 0.1) is 0 Å². The van der Waals surface area contributed by atoms with E-state index in [9.17, 15) is 0 Å². The van der Waals surface area contributed by atoms with E-state index in [1.165, 1.54) is 10.4 Å². The van der Waals surface area contributed by atoms with Crippen LogP contribution in [0.4, 0.5) is 5.69 Å². The van der Waals surface area contributed by atoms with Crippen LogP contribution < -0.4 is 5.73 Å². The van der Waals surface area contributed by atoms with Gasteiger partial charge in [-0.25, -0.2) is 0 Å². The summed E-state index contributed by atoms with van der Waals surface area (Å²) in [6.45, 7) is 0. The lowest BCUT2D eigenvalue weighted by atomic mass is 10.3. The molecular formula is C8H7NS. The Kier molecular flexibility index (Phi) is 1.14. The van der Waals surface area contributed by atoms with Gasteiger partial charge in [-0.2, -0.15) is 0 Å². The van der Waals surface area contributed by atoms with Gasteiger partial charge in [-0.1, -0.05) is 12.1 Å². The summed E-state index contributed by atoms with van der Waals surface area (Å²) in [5.41, 5.74) is 7.68. The Balaban J connectivity index is 2.75. The predicted octanol–water partition coefficient (Wildman–Crippen LogP) is 2.44. The van der Waals surface area contributed by atoms with Crippen molar-refractivity contribution >= 4 is 17.0 Å². The molecule has 50 valence electrons. The van der Waals surface area contributed by atoms with Gasteiger partial charge in [0.25, 0.3) is 0 Å². The van der Waals surface area contributed by atoms with Crippen LogP contribution in [0.15, 0.2) is 29.6 Å². The second-order valence-corrected chi connectivity index (χ2v) is 3.14. The molecule has 0 saturated heterocycles. The smallest absolute Gasteiger partial charge is 0.0421 e. The number of rotatable bonds is 0. The van der Waals surface area contributed by atoms with Gasteiger partial charge in [0.15, 0.2) is 0 Å². The molecule has 2 aliphatic rings. The summed E-state index contributed by atoms with van der Waals surface area (Å²) in [4.78, 5) is 1.30. The summed E-state index contributed by atoms with van der Waals surface area (Å²) in [7, 11) is 0. The van der Waals surface area contributed by atoms with E-state index in [-0.39, 0.29) is 0 Å². The third-order valence-electron chi connectivity index (χ3n) is 1.45. The first kappa shape index (κ1) is 5.74. The highest BCUT2D eigenvalue weighted by Gasteiger charge is 2.00. The normalized spacial score (nSPS) is 10.4. The lowest BCUT2D eigenvalue weighted by Gasteiger charge is -1.96. The second kappa shape index (κ2) is 1.99. The monoisotopic (exact) mass is 149 g/mol. The predicted molar refractivity (Wildman–Crippen MR) is 45.4 cm³/mol. The van der Waals surface area contributed by atoms with E-state index in [0.717, 1.165) is 5.69 Å². The van der Waals surface area contributed by atoms with Crippen LogP contribution in [0.3, 0.4) is 0 Å². The maximum atomic E-state index is 5.59. The minimum absolute atomic E-state index is 0.851. The van der Waals surface area contributed by atoms with Crippen LogP contribution in [0.5, 0.6) is 0 Å². The molecule has 1 aliphatic carbocycles. The van der Waals surface area contributed by atoms with Gasteiger partial charge < -0.3 is 5.73 Å². The van der Waals surface area contributed by atoms with Crippen LogP contribution in [0.1, 0.15) is 0 Å². The first-order chi connectivity index (χ1) is 4.86. The van der Waals surface area contributed by atoms with Crippen molar-refractivity contribution in [3.8, 4) is 10.4 Å². The summed E-state index contributed by atoms with van der Waals surface area (Å²) >= 11 is 1.69. The fraction of sp³-hybridized carbons (Fsp3) is 0. The molecule has 0 aromatic heterocycles. The molecule has 0 amide bonds. The SMILES string of the molecule is Nc1csc2cccc-2c1. The molecule has 1 aliphatic heterocycles. The molecule has 0 aromatic rings. The number of anilines is 1. The lowest BCUT2D eigenvalue weighted by Crippen LogP contribution is -1.81. The van der Waals surface area contributed by atoms with Gasteiger partial charge in [0, 0.05) is 15.9 Å². The van der Waals surface area contributed by atoms with Crippen molar-refractivity contribution in [1.82, 2.24) is 0 Å². The summed E-state index contributed by atoms with van der Waals surface area (Å²) in [6.07, 6.45) is 0. The quantitative estimate of drug-likeness (QED) is 0.611. The Labute approximate surface area is 63.4 Å². The molecule has 2 heteroatoms. The zero-order chi connectivity index (χ0) is 6.97. The minimum atomic E-state index is 0.851. The summed E-state index contributed by atoms with van der Waals surface area (Å²) in [5.74, 6) is 0. The Hall–Kier alpha value is -1.02. The lowest BCUT2D eigenvalue weighted by molar-refractivity contribution is 1.80. The van der Waals surface area contributed by atoms with Crippen molar-refractivity contribution in [3.05, 3.63) is 29.6 Å². The molecule has 2 rings (SSSR count). The van der Waals surface area contributed by atoms with E-state index in [0.29, 0.717) is 0 Å². The largest absolute Gasteiger partial charge is 0.398 e. The van der Waals surface area contributed by atoms with Crippen LogP contribution in [0.25, 0.3) is 10.4 Å². The molecule has 0 radical (unpaired) electrons. The zero-order valence-electron chi connectivity index (χ0n) is 5.37. The third-order valence-corrected chi connectivity index (χ3v) is 2.47. The zero-order valence-corrected chi connectivity index (χ0v) is 6.19. The van der Waals surface area contributed by atoms with Gasteiger partial charge in [-0.05, 0) is 17.7 Å². The Morgan fingerprint density at radius 1 is 1.30 bits per heavy atom. The van der Waals surface area contributed by atoms with Crippen LogP contribution in [-0.4, -0.2) is 0 Å². The Bertz CT molecular complexity index is 313. The molecule has 2 N–H and O–H groups in total. The van der Waals surface area contributed by atoms with Gasteiger partial charge in [0.1, 0.15) is 0 Å². The highest BCUT2D eigenvalue weighted by atomic mass is 32.1. The minimum Gasteiger partial charge on any atom is -0.398 e. The molecule has 0 atom stereocenters. The highest BCUT2D eigenvalue weighted by molar-refractivity contribution is 7.13. The molecule has 10 heavy (non-hydrogen) atoms. The molecule has 0 bridgehead atoms. The number of nitrogens with two attached hydrogens (primary N) is 1. The van der Waals surface area contributed by atoms with E-state index in [4.69, 9.17) is 5.73 Å². The molecular weight excluding hydrogens is 142 g/mol. The Morgan fingerprint density at radius 3 is 3.10 bits per heavy atom. The first-order valence-electron chi connectivity index (χ1n) is 3.09. The number of hydrogen-bond acceptors (Lipinski definition) is 2. The van der Waals surface area contributed by atoms with Crippen LogP contribution in [-0.2, 0) is 0 Å². The van der Waals surface area contributed by atoms with Crippen molar-refractivity contribution in [1.29, 1.82) is 0 Å². The molecule has 0 saturated carbocycles. The molecule has 0 spiro atoms. The summed E-state index contributed by atoms with van der Waals surface area (Å²) < 4.78 is 0. The first-order valence-corrected chi connectivity index (χ1v) is 3.97. The molecule has 0 aromatic carbocycles. The van der Waals surface area contributed by atoms with Gasteiger partial charge >= 0.3 is 0 Å². The standard InChI is InChI=1S/C8H7NS/c9-7-4-6-2-1-3-8(6)10-5-7/h1-5H,9H2. The average Bonchev–Trinajstić information content (AvgIpc) is 2.33. The summed E-state index contributed by atoms with van der Waals surface area (Å²) in [5, 5.41) is 1.96. The summed E-state index contributed by atoms with van der Waals surface area (Å²) in [6, 6.07) is 8.20. The van der Waals surface area contributed by atoms with Crippen LogP contribution >= 0.6 is 11.3 Å². The Morgan fingerprint density at radius 2 is 2.20 bits per heavy atom. The van der Waals surface area contributed by atoms with Crippen molar-refractivity contribution in [3.63, 3.8) is 0 Å². The number of hydrogen-bond donors (Lipinski definition) is 1. The van der Waals surface area contributed by atoms with Gasteiger partial charge in [-0.15, -0.1) is 11.3 Å². The molecule has 0 fully saturated rings. The van der Waals surface area contributed by atoms with E-state index < -0.39 is 0 Å². The molecule has 1 heterocycles. The fourth-order valence-corrected chi connectivity index (χ4v) is 1.74. The highest BCUT2D eigenvalue weighted by Crippen LogP contribution is 2.29. The van der Waals surface area contributed by atoms with E-state index in [1.54, 1.807) is 11.3 Å². The maximum Gasteiger partial charge on any atom is 0.0421 e. The van der Waals surface area contributed by atoms with Crippen molar-refractivity contribution in [2.24, 2.45) is 0 Å². The number of nitrogen functional groups attached to an aromatic ring is 1. The average molecular weight is 149 g/mol. The molecule has 0 unspecified atom stereocenters. The van der Waals surface area contributed by atoms with E-state index >= 15 is 0 Å². The molecule has 1 nitrogen and oxygen atoms in total. The van der Waals surface area contributed by atoms with Gasteiger partial charge in [-0.3, -0.25) is 0 Å². The van der Waals surface area contributed by atoms with Crippen molar-refractivity contribution in [2.45, 2.75) is 0 Å². The maximum absolute atomic E-state index is 5.59. The number of fused-ring (bicyclic) bond motifs is 1. The fourth-order valence-electron chi connectivity index (χ4n) is 0.989. The van der Waals surface area contributed by atoms with Crippen molar-refractivity contribution < 1.29 is 0 Å². The topological polar surface area (TPSA) is 26.0 Å².